The van der Waals surface area contributed by atoms with E-state index in [1.807, 2.05) is 0 Å². The van der Waals surface area contributed by atoms with E-state index in [2.05, 4.69) is 12.2 Å². The third-order valence-corrected chi connectivity index (χ3v) is 3.46. The molecule has 1 rings (SSSR count). The van der Waals surface area contributed by atoms with Crippen molar-refractivity contribution in [2.45, 2.75) is 69.5 Å². The van der Waals surface area contributed by atoms with E-state index in [0.717, 1.165) is 32.1 Å². The Balaban J connectivity index is 2.43. The fourth-order valence-corrected chi connectivity index (χ4v) is 2.25. The van der Waals surface area contributed by atoms with Gasteiger partial charge in [0.1, 0.15) is 12.2 Å². The van der Waals surface area contributed by atoms with Gasteiger partial charge >= 0.3 is 0 Å². The van der Waals surface area contributed by atoms with Gasteiger partial charge in [0.05, 0.1) is 12.2 Å². The van der Waals surface area contributed by atoms with Crippen molar-refractivity contribution >= 4 is 0 Å². The molecule has 0 bridgehead atoms. The molecule has 0 aliphatic carbocycles. The van der Waals surface area contributed by atoms with E-state index >= 15 is 0 Å². The lowest BCUT2D eigenvalue weighted by molar-refractivity contribution is -0.0960. The molecule has 1 heterocycles. The number of nitrogens with one attached hydrogen (secondary N) is 1. The summed E-state index contributed by atoms with van der Waals surface area (Å²) in [5.74, 6) is 0. The summed E-state index contributed by atoms with van der Waals surface area (Å²) in [6.07, 6.45) is 0.525. The summed E-state index contributed by atoms with van der Waals surface area (Å²) >= 11 is 0. The Morgan fingerprint density at radius 3 is 2.29 bits per heavy atom. The van der Waals surface area contributed by atoms with E-state index in [4.69, 9.17) is 0 Å². The van der Waals surface area contributed by atoms with Crippen molar-refractivity contribution in [3.63, 3.8) is 0 Å². The highest BCUT2D eigenvalue weighted by molar-refractivity contribution is 4.93. The van der Waals surface area contributed by atoms with Crippen LogP contribution in [-0.2, 0) is 0 Å². The second-order valence-electron chi connectivity index (χ2n) is 4.90. The van der Waals surface area contributed by atoms with Gasteiger partial charge < -0.3 is 25.7 Å². The lowest BCUT2D eigenvalue weighted by Gasteiger charge is -2.26. The van der Waals surface area contributed by atoms with Gasteiger partial charge in [0.2, 0.25) is 0 Å². The first-order valence-electron chi connectivity index (χ1n) is 6.53. The molecule has 1 fully saturated rings. The van der Waals surface area contributed by atoms with Crippen molar-refractivity contribution in [2.75, 3.05) is 6.54 Å². The maximum absolute atomic E-state index is 9.88. The van der Waals surface area contributed by atoms with Crippen molar-refractivity contribution in [2.24, 2.45) is 0 Å². The second kappa shape index (κ2) is 7.28. The molecule has 1 aliphatic heterocycles. The zero-order chi connectivity index (χ0) is 12.8. The minimum Gasteiger partial charge on any atom is -0.389 e. The van der Waals surface area contributed by atoms with Crippen LogP contribution in [-0.4, -0.2) is 57.4 Å². The van der Waals surface area contributed by atoms with Crippen LogP contribution in [0.1, 0.15) is 39.0 Å². The molecule has 5 atom stereocenters. The van der Waals surface area contributed by atoms with Crippen LogP contribution in [0.5, 0.6) is 0 Å². The quantitative estimate of drug-likeness (QED) is 0.417. The van der Waals surface area contributed by atoms with Crippen molar-refractivity contribution < 1.29 is 20.4 Å². The SMILES string of the molecule is CCCCCCC1NCC(O)C(O)C(O)C1O. The first-order chi connectivity index (χ1) is 8.07. The largest absolute Gasteiger partial charge is 0.389 e. The highest BCUT2D eigenvalue weighted by Gasteiger charge is 2.37. The monoisotopic (exact) mass is 247 g/mol. The van der Waals surface area contributed by atoms with Gasteiger partial charge in [-0.2, -0.15) is 0 Å². The topological polar surface area (TPSA) is 93.0 Å². The number of unbranched alkanes of at least 4 members (excludes halogenated alkanes) is 3. The van der Waals surface area contributed by atoms with E-state index < -0.39 is 24.4 Å². The minimum atomic E-state index is -1.28. The Hall–Kier alpha value is -0.200. The normalized spacial score (nSPS) is 39.0. The molecule has 1 aliphatic rings. The average Bonchev–Trinajstić information content (AvgIpc) is 2.41. The summed E-state index contributed by atoms with van der Waals surface area (Å²) < 4.78 is 0. The molecule has 0 radical (unpaired) electrons. The lowest BCUT2D eigenvalue weighted by atomic mass is 9.97. The summed E-state index contributed by atoms with van der Waals surface area (Å²) in [6, 6.07) is -0.256. The average molecular weight is 247 g/mol. The van der Waals surface area contributed by atoms with E-state index in [1.54, 1.807) is 0 Å². The van der Waals surface area contributed by atoms with Gasteiger partial charge in [-0.1, -0.05) is 32.6 Å². The second-order valence-corrected chi connectivity index (χ2v) is 4.90. The summed E-state index contributed by atoms with van der Waals surface area (Å²) in [5.41, 5.74) is 0. The minimum absolute atomic E-state index is 0.202. The third kappa shape index (κ3) is 4.19. The fraction of sp³-hybridized carbons (Fsp3) is 1.00. The summed E-state index contributed by atoms with van der Waals surface area (Å²) in [6.45, 7) is 2.34. The lowest BCUT2D eigenvalue weighted by Crippen LogP contribution is -2.47. The van der Waals surface area contributed by atoms with Crippen molar-refractivity contribution in [1.29, 1.82) is 0 Å². The van der Waals surface area contributed by atoms with E-state index in [0.29, 0.717) is 0 Å². The molecular formula is C12H25NO4. The number of aliphatic hydroxyl groups excluding tert-OH is 4. The molecule has 5 N–H and O–H groups in total. The molecule has 5 unspecified atom stereocenters. The molecular weight excluding hydrogens is 222 g/mol. The van der Waals surface area contributed by atoms with Gasteiger partial charge in [-0.25, -0.2) is 0 Å². The first kappa shape index (κ1) is 14.9. The Labute approximate surface area is 102 Å². The summed E-state index contributed by atoms with van der Waals surface area (Å²) in [7, 11) is 0. The third-order valence-electron chi connectivity index (χ3n) is 3.46. The Morgan fingerprint density at radius 1 is 0.941 bits per heavy atom. The first-order valence-corrected chi connectivity index (χ1v) is 6.53. The molecule has 0 aromatic carbocycles. The molecule has 0 amide bonds. The van der Waals surface area contributed by atoms with Gasteiger partial charge in [0.15, 0.2) is 0 Å². The smallest absolute Gasteiger partial charge is 0.110 e. The number of rotatable bonds is 5. The zero-order valence-electron chi connectivity index (χ0n) is 10.4. The van der Waals surface area contributed by atoms with Crippen LogP contribution in [0.3, 0.4) is 0 Å². The molecule has 0 spiro atoms. The van der Waals surface area contributed by atoms with Gasteiger partial charge in [-0.15, -0.1) is 0 Å². The van der Waals surface area contributed by atoms with Crippen LogP contribution in [0.15, 0.2) is 0 Å². The van der Waals surface area contributed by atoms with E-state index in [-0.39, 0.29) is 12.6 Å². The number of aliphatic hydroxyl groups is 4. The molecule has 0 aromatic heterocycles. The van der Waals surface area contributed by atoms with Crippen LogP contribution in [0.2, 0.25) is 0 Å². The van der Waals surface area contributed by atoms with Crippen molar-refractivity contribution in [1.82, 2.24) is 5.32 Å². The van der Waals surface area contributed by atoms with Gasteiger partial charge in [-0.3, -0.25) is 0 Å². The summed E-state index contributed by atoms with van der Waals surface area (Å²) in [5, 5.41) is 41.6. The van der Waals surface area contributed by atoms with Gasteiger partial charge in [0.25, 0.3) is 0 Å². The van der Waals surface area contributed by atoms with Crippen LogP contribution in [0.25, 0.3) is 0 Å². The highest BCUT2D eigenvalue weighted by Crippen LogP contribution is 2.17. The zero-order valence-corrected chi connectivity index (χ0v) is 10.4. The predicted octanol–water partition coefficient (Wildman–Crippen LogP) is -0.628. The Kier molecular flexibility index (Phi) is 6.37. The van der Waals surface area contributed by atoms with Crippen LogP contribution in [0, 0.1) is 0 Å². The maximum Gasteiger partial charge on any atom is 0.110 e. The molecule has 0 saturated carbocycles. The van der Waals surface area contributed by atoms with E-state index in [9.17, 15) is 20.4 Å². The summed E-state index contributed by atoms with van der Waals surface area (Å²) in [4.78, 5) is 0. The highest BCUT2D eigenvalue weighted by atomic mass is 16.4. The number of β-amino-alcohol motifs (C(OH)–C–C–N with tert-alkyl or cyclic N) is 1. The molecule has 5 heteroatoms. The predicted molar refractivity (Wildman–Crippen MR) is 64.6 cm³/mol. The number of hydrogen-bond acceptors (Lipinski definition) is 5. The standard InChI is InChI=1S/C12H25NO4/c1-2-3-4-5-6-8-10(15)12(17)11(16)9(14)7-13-8/h8-17H,2-7H2,1H3. The molecule has 0 aromatic rings. The van der Waals surface area contributed by atoms with Gasteiger partial charge in [0, 0.05) is 12.6 Å². The fourth-order valence-electron chi connectivity index (χ4n) is 2.25. The van der Waals surface area contributed by atoms with Crippen LogP contribution in [0.4, 0.5) is 0 Å². The number of hydrogen-bond donors (Lipinski definition) is 5. The van der Waals surface area contributed by atoms with E-state index in [1.165, 1.54) is 0 Å². The van der Waals surface area contributed by atoms with Crippen LogP contribution >= 0.6 is 0 Å². The Morgan fingerprint density at radius 2 is 1.65 bits per heavy atom. The molecule has 17 heavy (non-hydrogen) atoms. The molecule has 1 saturated heterocycles. The van der Waals surface area contributed by atoms with Crippen molar-refractivity contribution in [3.8, 4) is 0 Å². The Bertz CT molecular complexity index is 215. The van der Waals surface area contributed by atoms with Crippen LogP contribution < -0.4 is 5.32 Å². The van der Waals surface area contributed by atoms with Gasteiger partial charge in [-0.05, 0) is 6.42 Å². The van der Waals surface area contributed by atoms with Crippen molar-refractivity contribution in [3.05, 3.63) is 0 Å². The molecule has 102 valence electrons. The maximum atomic E-state index is 9.88. The molecule has 5 nitrogen and oxygen atoms in total.